The van der Waals surface area contributed by atoms with Gasteiger partial charge in [0.1, 0.15) is 17.4 Å². The number of carbonyl (C=O) groups is 2. The summed E-state index contributed by atoms with van der Waals surface area (Å²) in [6.07, 6.45) is 0. The predicted molar refractivity (Wildman–Crippen MR) is 136 cm³/mol. The summed E-state index contributed by atoms with van der Waals surface area (Å²) in [7, 11) is 0. The molecule has 1 aliphatic heterocycles. The average Bonchev–Trinajstić information content (AvgIpc) is 2.88. The maximum atomic E-state index is 12.9. The van der Waals surface area contributed by atoms with Crippen molar-refractivity contribution in [3.63, 3.8) is 0 Å². The smallest absolute Gasteiger partial charge is 0.254 e. The molecule has 1 saturated heterocycles. The molecule has 0 unspecified atom stereocenters. The molecule has 2 amide bonds. The van der Waals surface area contributed by atoms with Crippen LogP contribution in [-0.4, -0.2) is 71.1 Å². The van der Waals surface area contributed by atoms with Crippen molar-refractivity contribution in [3.8, 4) is 17.1 Å². The number of amides is 2. The number of benzene rings is 2. The molecule has 1 fully saturated rings. The van der Waals surface area contributed by atoms with Gasteiger partial charge in [0, 0.05) is 63.4 Å². The molecule has 35 heavy (non-hydrogen) atoms. The van der Waals surface area contributed by atoms with Crippen LogP contribution in [0.1, 0.15) is 22.8 Å². The first-order valence-corrected chi connectivity index (χ1v) is 11.7. The number of phenols is 1. The van der Waals surface area contributed by atoms with Crippen LogP contribution in [0, 0.1) is 6.92 Å². The fourth-order valence-corrected chi connectivity index (χ4v) is 3.90. The van der Waals surface area contributed by atoms with E-state index in [4.69, 9.17) is 4.98 Å². The van der Waals surface area contributed by atoms with E-state index in [9.17, 15) is 14.7 Å². The number of carbonyl (C=O) groups excluding carboxylic acids is 2. The van der Waals surface area contributed by atoms with E-state index in [1.807, 2.05) is 36.4 Å². The third kappa shape index (κ3) is 6.06. The highest BCUT2D eigenvalue weighted by Crippen LogP contribution is 2.24. The molecular formula is C26H30N6O3. The van der Waals surface area contributed by atoms with Gasteiger partial charge in [-0.05, 0) is 24.6 Å². The van der Waals surface area contributed by atoms with Crippen LogP contribution in [0.2, 0.25) is 0 Å². The van der Waals surface area contributed by atoms with Gasteiger partial charge in [-0.25, -0.2) is 9.97 Å². The zero-order chi connectivity index (χ0) is 24.8. The van der Waals surface area contributed by atoms with Gasteiger partial charge in [-0.1, -0.05) is 36.4 Å². The fraction of sp³-hybridized carbons (Fsp3) is 0.308. The van der Waals surface area contributed by atoms with Gasteiger partial charge in [-0.15, -0.1) is 0 Å². The molecule has 0 spiro atoms. The number of aromatic hydroxyl groups is 1. The number of hydrogen-bond acceptors (Lipinski definition) is 7. The third-order valence-corrected chi connectivity index (χ3v) is 5.90. The van der Waals surface area contributed by atoms with Gasteiger partial charge in [0.2, 0.25) is 5.91 Å². The van der Waals surface area contributed by atoms with Gasteiger partial charge in [0.25, 0.3) is 5.91 Å². The number of nitrogens with zero attached hydrogens (tertiary/aromatic N) is 4. The predicted octanol–water partition coefficient (Wildman–Crippen LogP) is 2.67. The van der Waals surface area contributed by atoms with Gasteiger partial charge >= 0.3 is 0 Å². The second kappa shape index (κ2) is 10.9. The van der Waals surface area contributed by atoms with E-state index in [2.05, 4.69) is 20.5 Å². The van der Waals surface area contributed by atoms with Crippen molar-refractivity contribution in [2.24, 2.45) is 0 Å². The summed E-state index contributed by atoms with van der Waals surface area (Å²) < 4.78 is 0. The Hall–Kier alpha value is -4.14. The maximum Gasteiger partial charge on any atom is 0.254 e. The van der Waals surface area contributed by atoms with Crippen LogP contribution in [0.5, 0.6) is 5.75 Å². The Morgan fingerprint density at radius 3 is 2.40 bits per heavy atom. The molecule has 3 aromatic rings. The van der Waals surface area contributed by atoms with Crippen LogP contribution in [0.4, 0.5) is 11.6 Å². The quantitative estimate of drug-likeness (QED) is 0.452. The topological polar surface area (TPSA) is 111 Å². The lowest BCUT2D eigenvalue weighted by Gasteiger charge is -2.35. The van der Waals surface area contributed by atoms with E-state index < -0.39 is 0 Å². The molecule has 4 rings (SSSR count). The van der Waals surface area contributed by atoms with Crippen LogP contribution in [-0.2, 0) is 4.79 Å². The van der Waals surface area contributed by atoms with Crippen LogP contribution in [0.15, 0.2) is 54.6 Å². The lowest BCUT2D eigenvalue weighted by molar-refractivity contribution is -0.118. The highest BCUT2D eigenvalue weighted by atomic mass is 16.3. The van der Waals surface area contributed by atoms with Gasteiger partial charge in [0.15, 0.2) is 5.82 Å². The van der Waals surface area contributed by atoms with E-state index in [-0.39, 0.29) is 17.6 Å². The van der Waals surface area contributed by atoms with Crippen LogP contribution < -0.4 is 15.5 Å². The van der Waals surface area contributed by atoms with Crippen molar-refractivity contribution in [1.82, 2.24) is 20.2 Å². The lowest BCUT2D eigenvalue weighted by atomic mass is 10.1. The summed E-state index contributed by atoms with van der Waals surface area (Å²) >= 11 is 0. The number of hydrogen-bond donors (Lipinski definition) is 3. The van der Waals surface area contributed by atoms with Crippen LogP contribution in [0.3, 0.4) is 0 Å². The molecule has 1 aliphatic rings. The Bertz CT molecular complexity index is 1190. The highest BCUT2D eigenvalue weighted by molar-refractivity contribution is 5.95. The van der Waals surface area contributed by atoms with E-state index in [0.717, 1.165) is 16.9 Å². The summed E-state index contributed by atoms with van der Waals surface area (Å²) in [5, 5.41) is 16.0. The second-order valence-corrected chi connectivity index (χ2v) is 8.49. The molecule has 2 aromatic carbocycles. The SMILES string of the molecule is CC(=O)NCCNc1cc(N2CCN(C(=O)c3ccc(C)c(O)c3)CC2)nc(-c2ccccc2)n1. The minimum absolute atomic E-state index is 0.0755. The van der Waals surface area contributed by atoms with Crippen molar-refractivity contribution >= 4 is 23.5 Å². The van der Waals surface area contributed by atoms with Crippen molar-refractivity contribution in [1.29, 1.82) is 0 Å². The molecule has 3 N–H and O–H groups in total. The first-order valence-electron chi connectivity index (χ1n) is 11.7. The van der Waals surface area contributed by atoms with Crippen LogP contribution >= 0.6 is 0 Å². The Morgan fingerprint density at radius 2 is 1.71 bits per heavy atom. The number of aromatic nitrogens is 2. The molecule has 1 aromatic heterocycles. The summed E-state index contributed by atoms with van der Waals surface area (Å²) in [4.78, 5) is 37.5. The summed E-state index contributed by atoms with van der Waals surface area (Å²) in [5.74, 6) is 2.02. The number of anilines is 2. The van der Waals surface area contributed by atoms with E-state index in [1.165, 1.54) is 13.0 Å². The average molecular weight is 475 g/mol. The first-order chi connectivity index (χ1) is 16.9. The molecule has 0 radical (unpaired) electrons. The summed E-state index contributed by atoms with van der Waals surface area (Å²) in [6.45, 7) is 6.66. The van der Waals surface area contributed by atoms with Crippen molar-refractivity contribution in [3.05, 3.63) is 65.7 Å². The van der Waals surface area contributed by atoms with Crippen LogP contribution in [0.25, 0.3) is 11.4 Å². The Balaban J connectivity index is 1.48. The molecule has 9 nitrogen and oxygen atoms in total. The molecule has 0 atom stereocenters. The summed E-state index contributed by atoms with van der Waals surface area (Å²) in [6, 6.07) is 16.7. The molecular weight excluding hydrogens is 444 g/mol. The van der Waals surface area contributed by atoms with Gasteiger partial charge in [0.05, 0.1) is 0 Å². The van der Waals surface area contributed by atoms with Crippen molar-refractivity contribution in [2.75, 3.05) is 49.5 Å². The van der Waals surface area contributed by atoms with E-state index >= 15 is 0 Å². The highest BCUT2D eigenvalue weighted by Gasteiger charge is 2.24. The van der Waals surface area contributed by atoms with Gasteiger partial charge in [-0.3, -0.25) is 9.59 Å². The zero-order valence-electron chi connectivity index (χ0n) is 20.0. The summed E-state index contributed by atoms with van der Waals surface area (Å²) in [5.41, 5.74) is 2.14. The normalized spacial score (nSPS) is 13.4. The lowest BCUT2D eigenvalue weighted by Crippen LogP contribution is -2.49. The monoisotopic (exact) mass is 474 g/mol. The molecule has 182 valence electrons. The molecule has 0 saturated carbocycles. The molecule has 9 heteroatoms. The van der Waals surface area contributed by atoms with E-state index in [1.54, 1.807) is 24.0 Å². The van der Waals surface area contributed by atoms with Crippen molar-refractivity contribution in [2.45, 2.75) is 13.8 Å². The first kappa shape index (κ1) is 24.0. The Labute approximate surface area is 204 Å². The van der Waals surface area contributed by atoms with E-state index in [0.29, 0.717) is 56.5 Å². The third-order valence-electron chi connectivity index (χ3n) is 5.90. The van der Waals surface area contributed by atoms with Gasteiger partial charge in [-0.2, -0.15) is 0 Å². The number of aryl methyl sites for hydroxylation is 1. The number of nitrogens with one attached hydrogen (secondary N) is 2. The fourth-order valence-electron chi connectivity index (χ4n) is 3.90. The number of phenolic OH excluding ortho intramolecular Hbond substituents is 1. The number of piperazine rings is 1. The minimum Gasteiger partial charge on any atom is -0.508 e. The zero-order valence-corrected chi connectivity index (χ0v) is 20.0. The maximum absolute atomic E-state index is 12.9. The standard InChI is InChI=1S/C26H30N6O3/c1-18-8-9-21(16-22(18)34)26(35)32-14-12-31(13-15-32)24-17-23(28-11-10-27-19(2)33)29-25(30-24)20-6-4-3-5-7-20/h3-9,16-17,34H,10-15H2,1-2H3,(H,27,33)(H,28,29,30). The molecule has 0 bridgehead atoms. The second-order valence-electron chi connectivity index (χ2n) is 8.49. The Morgan fingerprint density at radius 1 is 0.971 bits per heavy atom. The minimum atomic E-state index is -0.0899. The Kier molecular flexibility index (Phi) is 7.45. The molecule has 0 aliphatic carbocycles. The largest absolute Gasteiger partial charge is 0.508 e. The number of rotatable bonds is 7. The molecule has 2 heterocycles. The van der Waals surface area contributed by atoms with Crippen molar-refractivity contribution < 1.29 is 14.7 Å². The van der Waals surface area contributed by atoms with Gasteiger partial charge < -0.3 is 25.5 Å².